The van der Waals surface area contributed by atoms with Gasteiger partial charge in [-0.2, -0.15) is 12.1 Å². The molecule has 0 aliphatic carbocycles. The van der Waals surface area contributed by atoms with E-state index >= 15 is 0 Å². The van der Waals surface area contributed by atoms with Gasteiger partial charge in [0, 0.05) is 26.2 Å². The molecule has 0 amide bonds. The van der Waals surface area contributed by atoms with Crippen LogP contribution in [0.3, 0.4) is 0 Å². The van der Waals surface area contributed by atoms with Gasteiger partial charge in [0.1, 0.15) is 0 Å². The third-order valence-corrected chi connectivity index (χ3v) is 2.18. The maximum absolute atomic E-state index is 4.65. The first-order chi connectivity index (χ1) is 5.71. The van der Waals surface area contributed by atoms with Crippen LogP contribution in [0.2, 0.25) is 0 Å². The fourth-order valence-corrected chi connectivity index (χ4v) is 1.20. The second kappa shape index (κ2) is 7.24. The Bertz CT molecular complexity index is 266. The van der Waals surface area contributed by atoms with Crippen LogP contribution in [0.15, 0.2) is 12.1 Å². The van der Waals surface area contributed by atoms with E-state index < -0.39 is 0 Å². The third kappa shape index (κ3) is 5.89. The van der Waals surface area contributed by atoms with Gasteiger partial charge in [0.15, 0.2) is 0 Å². The van der Waals surface area contributed by atoms with Crippen LogP contribution in [0.1, 0.15) is 52.9 Å². The summed E-state index contributed by atoms with van der Waals surface area (Å²) in [5.41, 5.74) is 2.72. The Morgan fingerprint density at radius 1 is 1.00 bits per heavy atom. The van der Waals surface area contributed by atoms with Crippen LogP contribution in [-0.2, 0) is 37.0 Å². The Morgan fingerprint density at radius 2 is 1.44 bits per heavy atom. The van der Waals surface area contributed by atoms with Crippen molar-refractivity contribution in [2.24, 2.45) is 0 Å². The van der Waals surface area contributed by atoms with Crippen molar-refractivity contribution in [1.82, 2.24) is 4.98 Å². The largest absolute Gasteiger partial charge is 0.395 e. The maximum atomic E-state index is 4.65. The monoisotopic (exact) mass is 340 g/mol. The van der Waals surface area contributed by atoms with E-state index in [0.29, 0.717) is 0 Å². The van der Waals surface area contributed by atoms with Crippen molar-refractivity contribution < 1.29 is 26.2 Å². The normalized spacial score (nSPS) is 10.9. The van der Waals surface area contributed by atoms with E-state index in [2.05, 4.69) is 58.7 Å². The average Bonchev–Trinajstić information content (AvgIpc) is 2.28. The summed E-state index contributed by atoms with van der Waals surface area (Å²) >= 11 is 0. The molecule has 0 saturated carbocycles. The molecule has 0 aromatic carbocycles. The second-order valence-corrected chi connectivity index (χ2v) is 5.72. The SMILES string of the molecule is CC(C)(C)c1cc[c-](C(C)(C)C)n1.Cl.Cl.[Zr]. The van der Waals surface area contributed by atoms with Crippen molar-refractivity contribution in [1.29, 1.82) is 0 Å². The quantitative estimate of drug-likeness (QED) is 0.643. The van der Waals surface area contributed by atoms with E-state index in [1.807, 2.05) is 0 Å². The summed E-state index contributed by atoms with van der Waals surface area (Å²) in [6.45, 7) is 13.2. The van der Waals surface area contributed by atoms with Crippen molar-refractivity contribution in [2.75, 3.05) is 0 Å². The van der Waals surface area contributed by atoms with Crippen LogP contribution in [0.5, 0.6) is 0 Å². The topological polar surface area (TPSA) is 12.9 Å². The molecule has 94 valence electrons. The predicted molar refractivity (Wildman–Crippen MR) is 71.7 cm³/mol. The Hall–Kier alpha value is 0.743. The molecule has 0 bridgehead atoms. The fraction of sp³-hybridized carbons (Fsp3) is 0.667. The average molecular weight is 342 g/mol. The first-order valence-corrected chi connectivity index (χ1v) is 4.86. The molecule has 0 radical (unpaired) electrons. The van der Waals surface area contributed by atoms with E-state index in [0.717, 1.165) is 0 Å². The number of halogens is 2. The molecule has 0 aliphatic heterocycles. The molecular formula is C12H22Cl2NZr-. The van der Waals surface area contributed by atoms with Crippen molar-refractivity contribution in [2.45, 2.75) is 52.4 Å². The Morgan fingerprint density at radius 3 is 1.62 bits per heavy atom. The first-order valence-electron chi connectivity index (χ1n) is 4.86. The van der Waals surface area contributed by atoms with Gasteiger partial charge < -0.3 is 4.98 Å². The van der Waals surface area contributed by atoms with Crippen molar-refractivity contribution >= 4 is 24.8 Å². The van der Waals surface area contributed by atoms with Crippen LogP contribution in [0.25, 0.3) is 0 Å². The van der Waals surface area contributed by atoms with Crippen LogP contribution in [0.4, 0.5) is 0 Å². The van der Waals surface area contributed by atoms with Gasteiger partial charge in [-0.05, 0) is 5.41 Å². The summed E-state index contributed by atoms with van der Waals surface area (Å²) < 4.78 is 0. The molecule has 1 rings (SSSR count). The Kier molecular flexibility index (Phi) is 9.94. The molecule has 0 N–H and O–H groups in total. The van der Waals surface area contributed by atoms with Crippen LogP contribution < -0.4 is 0 Å². The molecule has 0 fully saturated rings. The molecule has 0 spiro atoms. The fourth-order valence-electron chi connectivity index (χ4n) is 1.20. The number of aromatic nitrogens is 1. The van der Waals surface area contributed by atoms with Gasteiger partial charge in [-0.1, -0.05) is 52.7 Å². The Balaban J connectivity index is -0.000000563. The van der Waals surface area contributed by atoms with Gasteiger partial charge in [-0.3, -0.25) is 0 Å². The molecule has 0 aliphatic rings. The van der Waals surface area contributed by atoms with E-state index in [4.69, 9.17) is 0 Å². The minimum Gasteiger partial charge on any atom is -0.395 e. The molecule has 1 aromatic rings. The smallest absolute Gasteiger partial charge is 0 e. The van der Waals surface area contributed by atoms with E-state index in [1.165, 1.54) is 11.4 Å². The van der Waals surface area contributed by atoms with Gasteiger partial charge in [0.05, 0.1) is 0 Å². The van der Waals surface area contributed by atoms with Gasteiger partial charge in [0.25, 0.3) is 0 Å². The van der Waals surface area contributed by atoms with Crippen molar-refractivity contribution in [3.05, 3.63) is 23.5 Å². The predicted octanol–water partition coefficient (Wildman–Crippen LogP) is 4.24. The maximum Gasteiger partial charge on any atom is 0 e. The van der Waals surface area contributed by atoms with Gasteiger partial charge in [-0.25, -0.2) is 0 Å². The summed E-state index contributed by atoms with van der Waals surface area (Å²) in [5, 5.41) is 0. The van der Waals surface area contributed by atoms with Crippen LogP contribution >= 0.6 is 24.8 Å². The van der Waals surface area contributed by atoms with Crippen molar-refractivity contribution in [3.63, 3.8) is 0 Å². The minimum absolute atomic E-state index is 0. The molecule has 1 nitrogen and oxygen atoms in total. The van der Waals surface area contributed by atoms with Crippen molar-refractivity contribution in [3.8, 4) is 0 Å². The molecule has 0 atom stereocenters. The molecule has 16 heavy (non-hydrogen) atoms. The summed E-state index contributed by atoms with van der Waals surface area (Å²) in [6, 6.07) is 4.28. The molecule has 0 saturated heterocycles. The summed E-state index contributed by atoms with van der Waals surface area (Å²) in [6.07, 6.45) is 0. The number of hydrogen-bond acceptors (Lipinski definition) is 1. The zero-order valence-corrected chi connectivity index (χ0v) is 15.0. The zero-order chi connectivity index (χ0) is 10.3. The van der Waals surface area contributed by atoms with Crippen LogP contribution in [0, 0.1) is 0 Å². The van der Waals surface area contributed by atoms with Crippen LogP contribution in [-0.4, -0.2) is 4.98 Å². The van der Waals surface area contributed by atoms with Gasteiger partial charge >= 0.3 is 0 Å². The summed E-state index contributed by atoms with van der Waals surface area (Å²) in [7, 11) is 0. The minimum atomic E-state index is 0. The third-order valence-electron chi connectivity index (χ3n) is 2.18. The molecule has 4 heteroatoms. The second-order valence-electron chi connectivity index (χ2n) is 5.72. The first kappa shape index (κ1) is 22.0. The summed E-state index contributed by atoms with van der Waals surface area (Å²) in [4.78, 5) is 4.65. The zero-order valence-electron chi connectivity index (χ0n) is 10.9. The standard InChI is InChI=1S/C12H20N.2ClH.Zr/c1-11(2,3)9-7-8-10(13-9)12(4,5)6;;;/h7-8H,1-6H3;2*1H;/q-1;;;. The number of nitrogens with zero attached hydrogens (tertiary/aromatic N) is 1. The number of rotatable bonds is 0. The Labute approximate surface area is 131 Å². The van der Waals surface area contributed by atoms with E-state index in [-0.39, 0.29) is 61.8 Å². The van der Waals surface area contributed by atoms with E-state index in [9.17, 15) is 0 Å². The molecule has 1 aromatic heterocycles. The van der Waals surface area contributed by atoms with Gasteiger partial charge in [-0.15, -0.1) is 30.5 Å². The molecule has 0 unspecified atom stereocenters. The number of hydrogen-bond donors (Lipinski definition) is 0. The van der Waals surface area contributed by atoms with Gasteiger partial charge in [0.2, 0.25) is 0 Å². The molecular weight excluding hydrogens is 320 g/mol. The summed E-state index contributed by atoms with van der Waals surface area (Å²) in [5.74, 6) is 0. The van der Waals surface area contributed by atoms with E-state index in [1.54, 1.807) is 0 Å². The molecule has 1 heterocycles.